The maximum absolute atomic E-state index is 13.2. The number of amides is 1. The van der Waals surface area contributed by atoms with Gasteiger partial charge in [-0.1, -0.05) is 42.0 Å². The van der Waals surface area contributed by atoms with Crippen LogP contribution in [-0.2, 0) is 17.9 Å². The van der Waals surface area contributed by atoms with Crippen LogP contribution in [0.4, 0.5) is 0 Å². The fourth-order valence-electron chi connectivity index (χ4n) is 4.61. The molecule has 2 heterocycles. The van der Waals surface area contributed by atoms with Crippen LogP contribution in [-0.4, -0.2) is 64.4 Å². The van der Waals surface area contributed by atoms with Crippen molar-refractivity contribution in [3.63, 3.8) is 0 Å². The zero-order valence-electron chi connectivity index (χ0n) is 20.6. The number of fused-ring (bicyclic) bond motifs is 1. The lowest BCUT2D eigenvalue weighted by Crippen LogP contribution is -2.45. The van der Waals surface area contributed by atoms with Crippen molar-refractivity contribution in [3.05, 3.63) is 80.5 Å². The van der Waals surface area contributed by atoms with E-state index >= 15 is 0 Å². The number of hydrogen-bond acceptors (Lipinski definition) is 5. The zero-order chi connectivity index (χ0) is 25.1. The number of aryl methyl sites for hydroxylation is 1. The summed E-state index contributed by atoms with van der Waals surface area (Å²) in [5.41, 5.74) is 1.52. The van der Waals surface area contributed by atoms with Gasteiger partial charge in [0.25, 0.3) is 5.56 Å². The number of carbonyl (C=O) groups excluding carboxylic acids is 2. The molecule has 1 fully saturated rings. The summed E-state index contributed by atoms with van der Waals surface area (Å²) in [6.07, 6.45) is 1.50. The minimum atomic E-state index is -0.478. The van der Waals surface area contributed by atoms with Gasteiger partial charge in [0.2, 0.25) is 5.91 Å². The van der Waals surface area contributed by atoms with Crippen molar-refractivity contribution in [1.29, 1.82) is 0 Å². The first-order valence-electron chi connectivity index (χ1n) is 12.0. The predicted octanol–water partition coefficient (Wildman–Crippen LogP) is 2.15. The second-order valence-electron chi connectivity index (χ2n) is 9.48. The van der Waals surface area contributed by atoms with E-state index in [4.69, 9.17) is 0 Å². The van der Waals surface area contributed by atoms with Gasteiger partial charge in [-0.15, -0.1) is 0 Å². The second-order valence-corrected chi connectivity index (χ2v) is 9.48. The molecule has 8 heteroatoms. The van der Waals surface area contributed by atoms with E-state index in [9.17, 15) is 19.2 Å². The Morgan fingerprint density at radius 3 is 2.23 bits per heavy atom. The zero-order valence-corrected chi connectivity index (χ0v) is 20.6. The lowest BCUT2D eigenvalue weighted by atomic mass is 9.88. The Bertz CT molecular complexity index is 1350. The minimum Gasteiger partial charge on any atom is -0.347 e. The summed E-state index contributed by atoms with van der Waals surface area (Å²) in [6, 6.07) is 14.6. The van der Waals surface area contributed by atoms with Gasteiger partial charge in [0.1, 0.15) is 6.54 Å². The van der Waals surface area contributed by atoms with Gasteiger partial charge >= 0.3 is 5.69 Å². The molecule has 0 bridgehead atoms. The van der Waals surface area contributed by atoms with Crippen LogP contribution in [0, 0.1) is 12.8 Å². The van der Waals surface area contributed by atoms with E-state index in [0.717, 1.165) is 37.1 Å². The average molecular weight is 477 g/mol. The molecule has 0 spiro atoms. The Morgan fingerprint density at radius 1 is 0.914 bits per heavy atom. The number of para-hydroxylation sites is 1. The summed E-state index contributed by atoms with van der Waals surface area (Å²) in [5, 5.41) is 0.418. The van der Waals surface area contributed by atoms with Crippen molar-refractivity contribution in [2.75, 3.05) is 33.7 Å². The van der Waals surface area contributed by atoms with Crippen LogP contribution >= 0.6 is 0 Å². The molecule has 4 rings (SSSR count). The number of rotatable bonds is 7. The molecule has 0 atom stereocenters. The largest absolute Gasteiger partial charge is 0.347 e. The van der Waals surface area contributed by atoms with Gasteiger partial charge in [0, 0.05) is 38.7 Å². The number of piperidine rings is 1. The van der Waals surface area contributed by atoms with Gasteiger partial charge in [-0.3, -0.25) is 23.5 Å². The molecule has 35 heavy (non-hydrogen) atoms. The first-order chi connectivity index (χ1) is 16.8. The molecule has 8 nitrogen and oxygen atoms in total. The van der Waals surface area contributed by atoms with Crippen LogP contribution < -0.4 is 11.2 Å². The van der Waals surface area contributed by atoms with Crippen molar-refractivity contribution < 1.29 is 9.59 Å². The summed E-state index contributed by atoms with van der Waals surface area (Å²) in [6.45, 7) is 4.10. The lowest BCUT2D eigenvalue weighted by Gasteiger charge is -2.31. The summed E-state index contributed by atoms with van der Waals surface area (Å²) in [4.78, 5) is 55.2. The van der Waals surface area contributed by atoms with Gasteiger partial charge in [-0.05, 0) is 45.0 Å². The van der Waals surface area contributed by atoms with Gasteiger partial charge in [0.15, 0.2) is 5.78 Å². The van der Waals surface area contributed by atoms with Crippen LogP contribution in [0.3, 0.4) is 0 Å². The molecule has 1 saturated heterocycles. The number of aromatic nitrogens is 2. The summed E-state index contributed by atoms with van der Waals surface area (Å²) >= 11 is 0. The average Bonchev–Trinajstić information content (AvgIpc) is 2.86. The Hall–Kier alpha value is -3.52. The molecule has 2 aromatic carbocycles. The summed E-state index contributed by atoms with van der Waals surface area (Å²) in [5.74, 6) is -0.0433. The quantitative estimate of drug-likeness (QED) is 0.488. The number of hydrogen-bond donors (Lipinski definition) is 0. The van der Waals surface area contributed by atoms with Crippen molar-refractivity contribution in [3.8, 4) is 0 Å². The first kappa shape index (κ1) is 24.6. The molecule has 0 N–H and O–H groups in total. The Kier molecular flexibility index (Phi) is 7.31. The normalized spacial score (nSPS) is 14.8. The molecule has 0 unspecified atom stereocenters. The summed E-state index contributed by atoms with van der Waals surface area (Å²) in [7, 11) is 3.28. The number of likely N-dealkylation sites (tertiary alicyclic amines) is 1. The standard InChI is InChI=1S/C27H32N4O4/c1-19-8-10-20(11-9-19)25(33)21-12-14-29(15-13-21)16-17-30-26(34)22-6-4-5-7-23(22)31(27(30)35)18-24(32)28(2)3/h4-11,21H,12-18H2,1-3H3. The number of carbonyl (C=O) groups is 2. The highest BCUT2D eigenvalue weighted by Crippen LogP contribution is 2.22. The highest BCUT2D eigenvalue weighted by molar-refractivity contribution is 5.97. The number of nitrogens with zero attached hydrogens (tertiary/aromatic N) is 4. The van der Waals surface area contributed by atoms with E-state index in [0.29, 0.717) is 17.4 Å². The topological polar surface area (TPSA) is 84.6 Å². The fraction of sp³-hybridized carbons (Fsp3) is 0.407. The van der Waals surface area contributed by atoms with Crippen molar-refractivity contribution in [2.24, 2.45) is 5.92 Å². The Labute approximate surface area is 204 Å². The smallest absolute Gasteiger partial charge is 0.331 e. The van der Waals surface area contributed by atoms with Gasteiger partial charge in [-0.2, -0.15) is 0 Å². The van der Waals surface area contributed by atoms with Crippen LogP contribution in [0.2, 0.25) is 0 Å². The van der Waals surface area contributed by atoms with E-state index in [-0.39, 0.29) is 36.3 Å². The number of benzene rings is 2. The third-order valence-corrected chi connectivity index (χ3v) is 6.86. The van der Waals surface area contributed by atoms with Crippen molar-refractivity contribution >= 4 is 22.6 Å². The SMILES string of the molecule is Cc1ccc(C(=O)C2CCN(CCn3c(=O)c4ccccc4n(CC(=O)N(C)C)c3=O)CC2)cc1. The number of ketones is 1. The van der Waals surface area contributed by atoms with E-state index in [2.05, 4.69) is 4.90 Å². The first-order valence-corrected chi connectivity index (χ1v) is 12.0. The Balaban J connectivity index is 1.47. The number of likely N-dealkylation sites (N-methyl/N-ethyl adjacent to an activating group) is 1. The lowest BCUT2D eigenvalue weighted by molar-refractivity contribution is -0.129. The molecule has 1 aromatic heterocycles. The molecular formula is C27H32N4O4. The predicted molar refractivity (Wildman–Crippen MR) is 136 cm³/mol. The Morgan fingerprint density at radius 2 is 1.57 bits per heavy atom. The summed E-state index contributed by atoms with van der Waals surface area (Å²) < 4.78 is 2.61. The van der Waals surface area contributed by atoms with Gasteiger partial charge in [-0.25, -0.2) is 4.79 Å². The van der Waals surface area contributed by atoms with E-state index in [1.807, 2.05) is 31.2 Å². The molecule has 0 saturated carbocycles. The molecule has 184 valence electrons. The number of Topliss-reactive ketones (excluding diaryl/α,β-unsaturated/α-hetero) is 1. The molecule has 1 amide bonds. The van der Waals surface area contributed by atoms with Crippen LogP contribution in [0.1, 0.15) is 28.8 Å². The molecule has 1 aliphatic heterocycles. The highest BCUT2D eigenvalue weighted by atomic mass is 16.2. The third-order valence-electron chi connectivity index (χ3n) is 6.86. The molecule has 0 radical (unpaired) electrons. The van der Waals surface area contributed by atoms with Crippen molar-refractivity contribution in [1.82, 2.24) is 18.9 Å². The minimum absolute atomic E-state index is 0.00776. The molecule has 1 aliphatic rings. The monoisotopic (exact) mass is 476 g/mol. The fourth-order valence-corrected chi connectivity index (χ4v) is 4.61. The molecule has 0 aliphatic carbocycles. The van der Waals surface area contributed by atoms with Crippen LogP contribution in [0.15, 0.2) is 58.1 Å². The van der Waals surface area contributed by atoms with Crippen molar-refractivity contribution in [2.45, 2.75) is 32.9 Å². The molecular weight excluding hydrogens is 444 g/mol. The second kappa shape index (κ2) is 10.4. The third kappa shape index (κ3) is 5.27. The van der Waals surface area contributed by atoms with E-state index < -0.39 is 5.69 Å². The van der Waals surface area contributed by atoms with E-state index in [1.165, 1.54) is 14.0 Å². The molecule has 3 aromatic rings. The van der Waals surface area contributed by atoms with E-state index in [1.54, 1.807) is 38.4 Å². The maximum atomic E-state index is 13.2. The van der Waals surface area contributed by atoms with Gasteiger partial charge < -0.3 is 9.80 Å². The highest BCUT2D eigenvalue weighted by Gasteiger charge is 2.26. The van der Waals surface area contributed by atoms with Crippen LogP contribution in [0.25, 0.3) is 10.9 Å². The van der Waals surface area contributed by atoms with Gasteiger partial charge in [0.05, 0.1) is 10.9 Å². The maximum Gasteiger partial charge on any atom is 0.331 e. The van der Waals surface area contributed by atoms with Crippen LogP contribution in [0.5, 0.6) is 0 Å².